The highest BCUT2D eigenvalue weighted by Gasteiger charge is 2.23. The van der Waals surface area contributed by atoms with Gasteiger partial charge in [-0.05, 0) is 49.9 Å². The van der Waals surface area contributed by atoms with E-state index in [4.69, 9.17) is 0 Å². The number of hydrogen-bond acceptors (Lipinski definition) is 6. The monoisotopic (exact) mass is 517 g/mol. The van der Waals surface area contributed by atoms with Gasteiger partial charge in [0.15, 0.2) is 0 Å². The first kappa shape index (κ1) is 28.9. The minimum atomic E-state index is -0.855. The zero-order valence-corrected chi connectivity index (χ0v) is 22.6. The van der Waals surface area contributed by atoms with Crippen molar-refractivity contribution >= 4 is 11.8 Å². The normalized spacial score (nSPS) is 12.5. The van der Waals surface area contributed by atoms with Gasteiger partial charge in [-0.25, -0.2) is 0 Å². The highest BCUT2D eigenvalue weighted by Crippen LogP contribution is 2.12. The molecule has 0 unspecified atom stereocenters. The van der Waals surface area contributed by atoms with E-state index in [0.717, 1.165) is 29.8 Å². The molecule has 38 heavy (non-hydrogen) atoms. The fourth-order valence-corrected chi connectivity index (χ4v) is 4.23. The molecule has 0 fully saturated rings. The van der Waals surface area contributed by atoms with Gasteiger partial charge in [0.2, 0.25) is 0 Å². The van der Waals surface area contributed by atoms with Crippen LogP contribution < -0.4 is 10.6 Å². The van der Waals surface area contributed by atoms with Crippen LogP contribution in [0.25, 0.3) is 0 Å². The van der Waals surface area contributed by atoms with Crippen LogP contribution in [0.1, 0.15) is 64.4 Å². The van der Waals surface area contributed by atoms with Crippen LogP contribution in [0.4, 0.5) is 0 Å². The van der Waals surface area contributed by atoms with Crippen LogP contribution in [0.3, 0.4) is 0 Å². The molecule has 2 aromatic carbocycles. The van der Waals surface area contributed by atoms with Crippen molar-refractivity contribution in [1.29, 1.82) is 0 Å². The molecule has 0 radical (unpaired) electrons. The summed E-state index contributed by atoms with van der Waals surface area (Å²) in [6.07, 6.45) is 4.75. The minimum Gasteiger partial charge on any atom is -0.390 e. The zero-order chi connectivity index (χ0) is 27.3. The zero-order valence-electron chi connectivity index (χ0n) is 22.6. The van der Waals surface area contributed by atoms with Crippen LogP contribution in [0, 0.1) is 6.92 Å². The Bertz CT molecular complexity index is 1150. The third-order valence-electron chi connectivity index (χ3n) is 6.22. The van der Waals surface area contributed by atoms with Crippen LogP contribution in [-0.2, 0) is 13.0 Å². The lowest BCUT2D eigenvalue weighted by Crippen LogP contribution is -2.48. The lowest BCUT2D eigenvalue weighted by atomic mass is 10.00. The smallest absolute Gasteiger partial charge is 0.253 e. The number of rotatable bonds is 14. The predicted octanol–water partition coefficient (Wildman–Crippen LogP) is 3.54. The maximum atomic E-state index is 13.3. The maximum absolute atomic E-state index is 13.3. The molecule has 0 bridgehead atoms. The van der Waals surface area contributed by atoms with E-state index in [2.05, 4.69) is 20.6 Å². The maximum Gasteiger partial charge on any atom is 0.253 e. The van der Waals surface area contributed by atoms with Crippen molar-refractivity contribution in [3.8, 4) is 0 Å². The molecule has 0 spiro atoms. The number of carbonyl (C=O) groups is 2. The summed E-state index contributed by atoms with van der Waals surface area (Å²) in [5.41, 5.74) is 3.49. The van der Waals surface area contributed by atoms with Gasteiger partial charge >= 0.3 is 0 Å². The van der Waals surface area contributed by atoms with E-state index in [1.54, 1.807) is 36.7 Å². The number of aryl methyl sites for hydroxylation is 1. The number of benzene rings is 2. The minimum absolute atomic E-state index is 0.0763. The SMILES string of the molecule is CCCN(CCC)C(=O)c1cccc(C(=O)N[C@@H](Cc2ccccc2)[C@H](O)CNCc2cnc(C)cn2)c1. The number of amides is 2. The summed E-state index contributed by atoms with van der Waals surface area (Å²) < 4.78 is 0. The first-order chi connectivity index (χ1) is 18.4. The molecule has 2 amide bonds. The van der Waals surface area contributed by atoms with Gasteiger partial charge in [0, 0.05) is 49.7 Å². The standard InChI is InChI=1S/C30H39N5O3/c1-4-14-35(15-5-2)30(38)25-13-9-12-24(17-25)29(37)34-27(16-23-10-7-6-8-11-23)28(36)21-31-19-26-20-32-22(3)18-33-26/h6-13,17-18,20,27-28,31,36H,4-5,14-16,19,21H2,1-3H3,(H,34,37)/t27-,28+/m0/s1. The largest absolute Gasteiger partial charge is 0.390 e. The average Bonchev–Trinajstić information content (AvgIpc) is 2.93. The molecule has 3 rings (SSSR count). The second-order valence-electron chi connectivity index (χ2n) is 9.49. The molecule has 2 atom stereocenters. The average molecular weight is 518 g/mol. The van der Waals surface area contributed by atoms with E-state index >= 15 is 0 Å². The van der Waals surface area contributed by atoms with Gasteiger partial charge in [-0.1, -0.05) is 50.2 Å². The fraction of sp³-hybridized carbons (Fsp3) is 0.400. The van der Waals surface area contributed by atoms with E-state index in [9.17, 15) is 14.7 Å². The molecule has 1 heterocycles. The Morgan fingerprint density at radius 3 is 2.32 bits per heavy atom. The number of aliphatic hydroxyl groups is 1. The predicted molar refractivity (Wildman–Crippen MR) is 149 cm³/mol. The summed E-state index contributed by atoms with van der Waals surface area (Å²) in [7, 11) is 0. The summed E-state index contributed by atoms with van der Waals surface area (Å²) in [5, 5.41) is 17.3. The first-order valence-electron chi connectivity index (χ1n) is 13.3. The molecular formula is C30H39N5O3. The molecule has 0 aliphatic rings. The number of aliphatic hydroxyl groups excluding tert-OH is 1. The van der Waals surface area contributed by atoms with Gasteiger partial charge in [0.05, 0.1) is 23.5 Å². The lowest BCUT2D eigenvalue weighted by Gasteiger charge is -2.25. The van der Waals surface area contributed by atoms with E-state index in [-0.39, 0.29) is 18.4 Å². The van der Waals surface area contributed by atoms with Crippen LogP contribution >= 0.6 is 0 Å². The second-order valence-corrected chi connectivity index (χ2v) is 9.49. The van der Waals surface area contributed by atoms with Crippen LogP contribution in [0.5, 0.6) is 0 Å². The third kappa shape index (κ3) is 8.75. The van der Waals surface area contributed by atoms with Crippen molar-refractivity contribution in [3.05, 3.63) is 95.1 Å². The third-order valence-corrected chi connectivity index (χ3v) is 6.22. The summed E-state index contributed by atoms with van der Waals surface area (Å²) in [4.78, 5) is 36.7. The van der Waals surface area contributed by atoms with E-state index < -0.39 is 12.1 Å². The van der Waals surface area contributed by atoms with Crippen LogP contribution in [0.15, 0.2) is 67.0 Å². The quantitative estimate of drug-likeness (QED) is 0.302. The van der Waals surface area contributed by atoms with Gasteiger partial charge in [0.25, 0.3) is 11.8 Å². The van der Waals surface area contributed by atoms with Crippen molar-refractivity contribution < 1.29 is 14.7 Å². The molecular weight excluding hydrogens is 478 g/mol. The Morgan fingerprint density at radius 1 is 0.947 bits per heavy atom. The van der Waals surface area contributed by atoms with Gasteiger partial charge in [-0.3, -0.25) is 19.6 Å². The molecule has 8 heteroatoms. The number of nitrogens with zero attached hydrogens (tertiary/aromatic N) is 3. The van der Waals surface area contributed by atoms with Crippen LogP contribution in [-0.4, -0.2) is 63.6 Å². The molecule has 1 aromatic heterocycles. The highest BCUT2D eigenvalue weighted by molar-refractivity contribution is 5.99. The number of aromatic nitrogens is 2. The van der Waals surface area contributed by atoms with E-state index in [0.29, 0.717) is 37.2 Å². The summed E-state index contributed by atoms with van der Waals surface area (Å²) in [6.45, 7) is 8.03. The van der Waals surface area contributed by atoms with Crippen molar-refractivity contribution in [1.82, 2.24) is 25.5 Å². The van der Waals surface area contributed by atoms with Gasteiger partial charge in [0.1, 0.15) is 0 Å². The number of hydrogen-bond donors (Lipinski definition) is 3. The molecule has 0 saturated carbocycles. The molecule has 3 N–H and O–H groups in total. The van der Waals surface area contributed by atoms with Crippen molar-refractivity contribution in [2.24, 2.45) is 0 Å². The first-order valence-corrected chi connectivity index (χ1v) is 13.3. The number of carbonyl (C=O) groups excluding carboxylic acids is 2. The van der Waals surface area contributed by atoms with E-state index in [1.165, 1.54) is 0 Å². The molecule has 0 aliphatic carbocycles. The Labute approximate surface area is 225 Å². The molecule has 8 nitrogen and oxygen atoms in total. The van der Waals surface area contributed by atoms with Crippen molar-refractivity contribution in [2.45, 2.75) is 58.7 Å². The van der Waals surface area contributed by atoms with Crippen molar-refractivity contribution in [2.75, 3.05) is 19.6 Å². The summed E-state index contributed by atoms with van der Waals surface area (Å²) in [6, 6.07) is 16.0. The Balaban J connectivity index is 1.70. The summed E-state index contributed by atoms with van der Waals surface area (Å²) >= 11 is 0. The van der Waals surface area contributed by atoms with E-state index in [1.807, 2.05) is 56.0 Å². The van der Waals surface area contributed by atoms with Gasteiger partial charge in [-0.15, -0.1) is 0 Å². The molecule has 3 aromatic rings. The second kappa shape index (κ2) is 15.0. The number of nitrogens with one attached hydrogen (secondary N) is 2. The van der Waals surface area contributed by atoms with Gasteiger partial charge < -0.3 is 20.6 Å². The lowest BCUT2D eigenvalue weighted by molar-refractivity contribution is 0.0755. The van der Waals surface area contributed by atoms with Crippen molar-refractivity contribution in [3.63, 3.8) is 0 Å². The van der Waals surface area contributed by atoms with Gasteiger partial charge in [-0.2, -0.15) is 0 Å². The molecule has 202 valence electrons. The summed E-state index contributed by atoms with van der Waals surface area (Å²) in [5.74, 6) is -0.408. The Hall–Kier alpha value is -3.62. The molecule has 0 saturated heterocycles. The Morgan fingerprint density at radius 2 is 1.66 bits per heavy atom. The fourth-order valence-electron chi connectivity index (χ4n) is 4.23. The highest BCUT2D eigenvalue weighted by atomic mass is 16.3. The van der Waals surface area contributed by atoms with Crippen LogP contribution in [0.2, 0.25) is 0 Å². The molecule has 0 aliphatic heterocycles. The Kier molecular flexibility index (Phi) is 11.4. The topological polar surface area (TPSA) is 107 Å².